The summed E-state index contributed by atoms with van der Waals surface area (Å²) in [5.41, 5.74) is 0.707. The molecule has 2 aromatic rings. The number of rotatable bonds is 4. The Morgan fingerprint density at radius 1 is 1.48 bits per heavy atom. The Morgan fingerprint density at radius 2 is 2.30 bits per heavy atom. The van der Waals surface area contributed by atoms with Crippen molar-refractivity contribution < 1.29 is 0 Å². The van der Waals surface area contributed by atoms with Crippen molar-refractivity contribution in [1.29, 1.82) is 0 Å². The van der Waals surface area contributed by atoms with Crippen LogP contribution < -0.4 is 5.56 Å². The number of hydrogen-bond donors (Lipinski definition) is 1. The van der Waals surface area contributed by atoms with Crippen LogP contribution in [-0.2, 0) is 13.5 Å². The van der Waals surface area contributed by atoms with Gasteiger partial charge in [0.15, 0.2) is 0 Å². The van der Waals surface area contributed by atoms with E-state index in [1.54, 1.807) is 0 Å². The highest BCUT2D eigenvalue weighted by Crippen LogP contribution is 2.26. The summed E-state index contributed by atoms with van der Waals surface area (Å²) < 4.78 is 2.10. The normalized spacial score (nSPS) is 20.6. The second-order valence-corrected chi connectivity index (χ2v) is 6.61. The maximum Gasteiger partial charge on any atom is 0.251 e. The van der Waals surface area contributed by atoms with Crippen molar-refractivity contribution in [3.63, 3.8) is 0 Å². The van der Waals surface area contributed by atoms with Crippen LogP contribution in [0.25, 0.3) is 0 Å². The Hall–Kier alpha value is -1.95. The zero-order valence-corrected chi connectivity index (χ0v) is 14.1. The standard InChI is InChI=1S/C17H25N5O/c1-12-9-16(23)20-17(19-12)13(2)22-7-4-5-14(11-22)10-15-18-6-8-21(15)3/h6,8-9,13-14H,4-5,7,10-11H2,1-3H3,(H,19,20,23)/t13-,14-/m1/s1. The number of nitrogens with one attached hydrogen (secondary N) is 1. The predicted octanol–water partition coefficient (Wildman–Crippen LogP) is 1.83. The van der Waals surface area contributed by atoms with E-state index in [9.17, 15) is 4.79 Å². The first-order valence-electron chi connectivity index (χ1n) is 8.31. The van der Waals surface area contributed by atoms with Crippen LogP contribution in [0.5, 0.6) is 0 Å². The summed E-state index contributed by atoms with van der Waals surface area (Å²) in [6.45, 7) is 6.06. The van der Waals surface area contributed by atoms with Gasteiger partial charge in [-0.2, -0.15) is 0 Å². The van der Waals surface area contributed by atoms with Crippen molar-refractivity contribution in [1.82, 2.24) is 24.4 Å². The number of aromatic amines is 1. The summed E-state index contributed by atoms with van der Waals surface area (Å²) in [6.07, 6.45) is 7.27. The van der Waals surface area contributed by atoms with E-state index in [1.165, 1.54) is 18.9 Å². The molecule has 0 spiro atoms. The van der Waals surface area contributed by atoms with Crippen molar-refractivity contribution in [2.45, 2.75) is 39.2 Å². The Balaban J connectivity index is 1.70. The van der Waals surface area contributed by atoms with Gasteiger partial charge in [-0.15, -0.1) is 0 Å². The van der Waals surface area contributed by atoms with E-state index in [0.717, 1.165) is 36.9 Å². The van der Waals surface area contributed by atoms with Crippen LogP contribution in [0.15, 0.2) is 23.3 Å². The fourth-order valence-corrected chi connectivity index (χ4v) is 3.44. The molecule has 0 amide bonds. The van der Waals surface area contributed by atoms with Gasteiger partial charge in [0.2, 0.25) is 0 Å². The Kier molecular flexibility index (Phi) is 4.61. The minimum absolute atomic E-state index is 0.0686. The summed E-state index contributed by atoms with van der Waals surface area (Å²) in [6, 6.07) is 1.67. The van der Waals surface area contributed by atoms with Crippen LogP contribution in [-0.4, -0.2) is 37.5 Å². The molecule has 1 aliphatic heterocycles. The lowest BCUT2D eigenvalue weighted by Gasteiger charge is -2.36. The molecule has 0 saturated carbocycles. The third-order valence-electron chi connectivity index (χ3n) is 4.77. The highest BCUT2D eigenvalue weighted by molar-refractivity contribution is 5.04. The maximum atomic E-state index is 11.7. The van der Waals surface area contributed by atoms with E-state index >= 15 is 0 Å². The molecule has 6 heteroatoms. The molecule has 1 saturated heterocycles. The number of H-pyrrole nitrogens is 1. The van der Waals surface area contributed by atoms with Crippen molar-refractivity contribution in [3.8, 4) is 0 Å². The monoisotopic (exact) mass is 315 g/mol. The summed E-state index contributed by atoms with van der Waals surface area (Å²) in [5.74, 6) is 2.52. The number of aromatic nitrogens is 4. The molecule has 2 aromatic heterocycles. The molecule has 1 N–H and O–H groups in total. The highest BCUT2D eigenvalue weighted by Gasteiger charge is 2.26. The molecule has 1 fully saturated rings. The SMILES string of the molecule is Cc1cc(=O)[nH]c([C@@H](C)N2CCC[C@H](Cc3nccn3C)C2)n1. The lowest BCUT2D eigenvalue weighted by Crippen LogP contribution is -2.39. The Bertz CT molecular complexity index is 720. The molecule has 2 atom stereocenters. The van der Waals surface area contributed by atoms with Crippen LogP contribution in [0.2, 0.25) is 0 Å². The first-order valence-corrected chi connectivity index (χ1v) is 8.31. The van der Waals surface area contributed by atoms with Gasteiger partial charge in [-0.05, 0) is 39.2 Å². The summed E-state index contributed by atoms with van der Waals surface area (Å²) in [4.78, 5) is 26.0. The number of imidazole rings is 1. The van der Waals surface area contributed by atoms with Gasteiger partial charge in [0.1, 0.15) is 11.6 Å². The minimum atomic E-state index is -0.0686. The van der Waals surface area contributed by atoms with E-state index < -0.39 is 0 Å². The molecule has 6 nitrogen and oxygen atoms in total. The molecular weight excluding hydrogens is 290 g/mol. The van der Waals surface area contributed by atoms with Crippen molar-refractivity contribution in [3.05, 3.63) is 46.2 Å². The largest absolute Gasteiger partial charge is 0.338 e. The van der Waals surface area contributed by atoms with Crippen LogP contribution in [0, 0.1) is 12.8 Å². The van der Waals surface area contributed by atoms with Gasteiger partial charge < -0.3 is 9.55 Å². The number of hydrogen-bond acceptors (Lipinski definition) is 4. The topological polar surface area (TPSA) is 66.8 Å². The van der Waals surface area contributed by atoms with Crippen LogP contribution in [0.4, 0.5) is 0 Å². The summed E-state index contributed by atoms with van der Waals surface area (Å²) in [5, 5.41) is 0. The van der Waals surface area contributed by atoms with Gasteiger partial charge in [-0.1, -0.05) is 0 Å². The quantitative estimate of drug-likeness (QED) is 0.935. The molecule has 0 aromatic carbocycles. The third kappa shape index (κ3) is 3.69. The number of piperidine rings is 1. The molecular formula is C17H25N5O. The van der Waals surface area contributed by atoms with Crippen LogP contribution in [0.3, 0.4) is 0 Å². The highest BCUT2D eigenvalue weighted by atomic mass is 16.1. The van der Waals surface area contributed by atoms with E-state index in [0.29, 0.717) is 5.92 Å². The summed E-state index contributed by atoms with van der Waals surface area (Å²) in [7, 11) is 2.05. The van der Waals surface area contributed by atoms with E-state index in [2.05, 4.69) is 31.3 Å². The molecule has 3 rings (SSSR count). The van der Waals surface area contributed by atoms with Gasteiger partial charge in [-0.25, -0.2) is 9.97 Å². The van der Waals surface area contributed by atoms with Gasteiger partial charge in [0.25, 0.3) is 5.56 Å². The van der Waals surface area contributed by atoms with Crippen molar-refractivity contribution >= 4 is 0 Å². The molecule has 0 bridgehead atoms. The molecule has 0 radical (unpaired) electrons. The minimum Gasteiger partial charge on any atom is -0.338 e. The smallest absolute Gasteiger partial charge is 0.251 e. The predicted molar refractivity (Wildman–Crippen MR) is 89.2 cm³/mol. The molecule has 23 heavy (non-hydrogen) atoms. The maximum absolute atomic E-state index is 11.7. The molecule has 124 valence electrons. The summed E-state index contributed by atoms with van der Waals surface area (Å²) >= 11 is 0. The first kappa shape index (κ1) is 15.9. The van der Waals surface area contributed by atoms with Crippen molar-refractivity contribution in [2.75, 3.05) is 13.1 Å². The zero-order valence-electron chi connectivity index (χ0n) is 14.1. The van der Waals surface area contributed by atoms with Gasteiger partial charge in [0.05, 0.1) is 6.04 Å². The number of nitrogens with zero attached hydrogens (tertiary/aromatic N) is 4. The van der Waals surface area contributed by atoms with Gasteiger partial charge >= 0.3 is 0 Å². The Morgan fingerprint density at radius 3 is 3.00 bits per heavy atom. The average molecular weight is 315 g/mol. The molecule has 0 aliphatic carbocycles. The van der Waals surface area contributed by atoms with Crippen molar-refractivity contribution in [2.24, 2.45) is 13.0 Å². The number of likely N-dealkylation sites (tertiary alicyclic amines) is 1. The molecule has 0 unspecified atom stereocenters. The first-order chi connectivity index (χ1) is 11.0. The van der Waals surface area contributed by atoms with E-state index in [1.807, 2.05) is 26.4 Å². The number of aryl methyl sites for hydroxylation is 2. The third-order valence-corrected chi connectivity index (χ3v) is 4.77. The molecule has 3 heterocycles. The van der Waals surface area contributed by atoms with E-state index in [-0.39, 0.29) is 11.6 Å². The van der Waals surface area contributed by atoms with Crippen LogP contribution >= 0.6 is 0 Å². The van der Waals surface area contributed by atoms with Gasteiger partial charge in [-0.3, -0.25) is 9.69 Å². The Labute approximate surface area is 136 Å². The zero-order chi connectivity index (χ0) is 16.4. The van der Waals surface area contributed by atoms with Crippen LogP contribution in [0.1, 0.15) is 43.1 Å². The second-order valence-electron chi connectivity index (χ2n) is 6.61. The van der Waals surface area contributed by atoms with Gasteiger partial charge in [0, 0.05) is 44.2 Å². The van der Waals surface area contributed by atoms with E-state index in [4.69, 9.17) is 0 Å². The fourth-order valence-electron chi connectivity index (χ4n) is 3.44. The second kappa shape index (κ2) is 6.66. The lowest BCUT2D eigenvalue weighted by molar-refractivity contribution is 0.125. The average Bonchev–Trinajstić information content (AvgIpc) is 2.91. The lowest BCUT2D eigenvalue weighted by atomic mass is 9.93. The fraction of sp³-hybridized carbons (Fsp3) is 0.588. The molecule has 1 aliphatic rings.